The predicted molar refractivity (Wildman–Crippen MR) is 57.4 cm³/mol. The summed E-state index contributed by atoms with van der Waals surface area (Å²) in [5.74, 6) is 0.929. The van der Waals surface area contributed by atoms with E-state index >= 15 is 0 Å². The highest BCUT2D eigenvalue weighted by molar-refractivity contribution is 5.26. The van der Waals surface area contributed by atoms with Gasteiger partial charge in [0, 0.05) is 5.92 Å². The summed E-state index contributed by atoms with van der Waals surface area (Å²) < 4.78 is 0. The first-order valence-electron chi connectivity index (χ1n) is 5.19. The molecule has 0 spiro atoms. The van der Waals surface area contributed by atoms with Crippen LogP contribution in [0.2, 0.25) is 0 Å². The highest BCUT2D eigenvalue weighted by Crippen LogP contribution is 2.27. The standard InChI is InChI=1S/C12H17NO/c1-9-3-2-4-10(5-9)12(8-14)11-6-13-7-11/h2-5,11-14H,6-8H2,1H3. The molecule has 1 aromatic carbocycles. The summed E-state index contributed by atoms with van der Waals surface area (Å²) in [6.07, 6.45) is 0. The van der Waals surface area contributed by atoms with Gasteiger partial charge in [0.1, 0.15) is 0 Å². The normalized spacial score (nSPS) is 19.0. The molecule has 1 aliphatic rings. The summed E-state index contributed by atoms with van der Waals surface area (Å²) in [6.45, 7) is 4.44. The van der Waals surface area contributed by atoms with Crippen molar-refractivity contribution >= 4 is 0 Å². The lowest BCUT2D eigenvalue weighted by Gasteiger charge is -2.34. The average Bonchev–Trinajstić information content (AvgIpc) is 2.10. The molecular formula is C12H17NO. The fraction of sp³-hybridized carbons (Fsp3) is 0.500. The molecule has 76 valence electrons. The van der Waals surface area contributed by atoms with E-state index in [2.05, 4.69) is 36.5 Å². The van der Waals surface area contributed by atoms with Crippen LogP contribution in [0.4, 0.5) is 0 Å². The van der Waals surface area contributed by atoms with Gasteiger partial charge in [0.2, 0.25) is 0 Å². The smallest absolute Gasteiger partial charge is 0.0503 e. The van der Waals surface area contributed by atoms with Gasteiger partial charge < -0.3 is 10.4 Å². The van der Waals surface area contributed by atoms with Crippen molar-refractivity contribution in [2.24, 2.45) is 5.92 Å². The third kappa shape index (κ3) is 1.81. The van der Waals surface area contributed by atoms with Gasteiger partial charge in [0.25, 0.3) is 0 Å². The molecule has 0 saturated carbocycles. The third-order valence-corrected chi connectivity index (χ3v) is 3.05. The predicted octanol–water partition coefficient (Wildman–Crippen LogP) is 1.29. The molecule has 1 heterocycles. The minimum atomic E-state index is 0.260. The Morgan fingerprint density at radius 1 is 1.50 bits per heavy atom. The fourth-order valence-corrected chi connectivity index (χ4v) is 2.02. The molecule has 14 heavy (non-hydrogen) atoms. The Hall–Kier alpha value is -0.860. The van der Waals surface area contributed by atoms with Crippen LogP contribution in [0.1, 0.15) is 17.0 Å². The second-order valence-corrected chi connectivity index (χ2v) is 4.12. The molecule has 1 aromatic rings. The van der Waals surface area contributed by atoms with E-state index in [-0.39, 0.29) is 6.61 Å². The van der Waals surface area contributed by atoms with E-state index in [4.69, 9.17) is 0 Å². The van der Waals surface area contributed by atoms with Crippen LogP contribution in [-0.4, -0.2) is 24.8 Å². The molecule has 1 saturated heterocycles. The van der Waals surface area contributed by atoms with Crippen molar-refractivity contribution < 1.29 is 5.11 Å². The lowest BCUT2D eigenvalue weighted by molar-refractivity contribution is 0.188. The molecule has 1 aliphatic heterocycles. The third-order valence-electron chi connectivity index (χ3n) is 3.05. The van der Waals surface area contributed by atoms with E-state index in [0.717, 1.165) is 13.1 Å². The van der Waals surface area contributed by atoms with Crippen LogP contribution in [0.3, 0.4) is 0 Å². The average molecular weight is 191 g/mol. The summed E-state index contributed by atoms with van der Waals surface area (Å²) in [5, 5.41) is 12.6. The number of hydrogen-bond acceptors (Lipinski definition) is 2. The Morgan fingerprint density at radius 2 is 2.29 bits per heavy atom. The maximum absolute atomic E-state index is 9.38. The summed E-state index contributed by atoms with van der Waals surface area (Å²) in [5.41, 5.74) is 2.55. The summed E-state index contributed by atoms with van der Waals surface area (Å²) in [6, 6.07) is 8.46. The topological polar surface area (TPSA) is 32.3 Å². The Bertz CT molecular complexity index is 307. The lowest BCUT2D eigenvalue weighted by Crippen LogP contribution is -2.46. The van der Waals surface area contributed by atoms with E-state index in [1.807, 2.05) is 0 Å². The molecular weight excluding hydrogens is 174 g/mol. The van der Waals surface area contributed by atoms with Crippen molar-refractivity contribution in [3.63, 3.8) is 0 Å². The van der Waals surface area contributed by atoms with Crippen LogP contribution >= 0.6 is 0 Å². The quantitative estimate of drug-likeness (QED) is 0.754. The number of rotatable bonds is 3. The van der Waals surface area contributed by atoms with Crippen molar-refractivity contribution in [1.82, 2.24) is 5.32 Å². The van der Waals surface area contributed by atoms with Crippen molar-refractivity contribution in [2.75, 3.05) is 19.7 Å². The summed E-state index contributed by atoms with van der Waals surface area (Å²) >= 11 is 0. The zero-order valence-electron chi connectivity index (χ0n) is 8.53. The zero-order valence-corrected chi connectivity index (χ0v) is 8.53. The molecule has 2 N–H and O–H groups in total. The molecule has 1 atom stereocenters. The van der Waals surface area contributed by atoms with Gasteiger partial charge in [-0.25, -0.2) is 0 Å². The molecule has 0 aromatic heterocycles. The van der Waals surface area contributed by atoms with Crippen molar-refractivity contribution in [3.05, 3.63) is 35.4 Å². The minimum Gasteiger partial charge on any atom is -0.396 e. The van der Waals surface area contributed by atoms with Crippen LogP contribution in [0.5, 0.6) is 0 Å². The number of aliphatic hydroxyl groups is 1. The van der Waals surface area contributed by atoms with Gasteiger partial charge >= 0.3 is 0 Å². The number of nitrogens with one attached hydrogen (secondary N) is 1. The second kappa shape index (κ2) is 4.11. The largest absolute Gasteiger partial charge is 0.396 e. The van der Waals surface area contributed by atoms with Gasteiger partial charge in [-0.15, -0.1) is 0 Å². The summed E-state index contributed by atoms with van der Waals surface area (Å²) in [7, 11) is 0. The first kappa shape index (κ1) is 9.69. The SMILES string of the molecule is Cc1cccc(C(CO)C2CNC2)c1. The monoisotopic (exact) mass is 191 g/mol. The van der Waals surface area contributed by atoms with Crippen molar-refractivity contribution in [1.29, 1.82) is 0 Å². The van der Waals surface area contributed by atoms with Crippen LogP contribution in [0, 0.1) is 12.8 Å². The highest BCUT2D eigenvalue weighted by Gasteiger charge is 2.27. The minimum absolute atomic E-state index is 0.260. The van der Waals surface area contributed by atoms with Crippen LogP contribution in [0.15, 0.2) is 24.3 Å². The first-order valence-corrected chi connectivity index (χ1v) is 5.19. The van der Waals surface area contributed by atoms with Gasteiger partial charge in [0.15, 0.2) is 0 Å². The number of aliphatic hydroxyl groups excluding tert-OH is 1. The Balaban J connectivity index is 2.17. The van der Waals surface area contributed by atoms with Gasteiger partial charge in [-0.1, -0.05) is 29.8 Å². The van der Waals surface area contributed by atoms with E-state index in [1.165, 1.54) is 11.1 Å². The van der Waals surface area contributed by atoms with Gasteiger partial charge in [-0.3, -0.25) is 0 Å². The first-order chi connectivity index (χ1) is 6.81. The van der Waals surface area contributed by atoms with Crippen LogP contribution < -0.4 is 5.32 Å². The maximum atomic E-state index is 9.38. The second-order valence-electron chi connectivity index (χ2n) is 4.12. The maximum Gasteiger partial charge on any atom is 0.0503 e. The fourth-order valence-electron chi connectivity index (χ4n) is 2.02. The molecule has 0 aliphatic carbocycles. The lowest BCUT2D eigenvalue weighted by atomic mass is 9.82. The van der Waals surface area contributed by atoms with Crippen LogP contribution in [-0.2, 0) is 0 Å². The molecule has 2 heteroatoms. The zero-order chi connectivity index (χ0) is 9.97. The Labute approximate surface area is 85.0 Å². The van der Waals surface area contributed by atoms with Crippen LogP contribution in [0.25, 0.3) is 0 Å². The molecule has 1 unspecified atom stereocenters. The Morgan fingerprint density at radius 3 is 2.79 bits per heavy atom. The van der Waals surface area contributed by atoms with Gasteiger partial charge in [-0.05, 0) is 31.5 Å². The van der Waals surface area contributed by atoms with Gasteiger partial charge in [-0.2, -0.15) is 0 Å². The molecule has 1 fully saturated rings. The van der Waals surface area contributed by atoms with E-state index in [0.29, 0.717) is 11.8 Å². The molecule has 2 rings (SSSR count). The van der Waals surface area contributed by atoms with E-state index in [1.54, 1.807) is 0 Å². The van der Waals surface area contributed by atoms with Crippen molar-refractivity contribution in [2.45, 2.75) is 12.8 Å². The van der Waals surface area contributed by atoms with E-state index in [9.17, 15) is 5.11 Å². The summed E-state index contributed by atoms with van der Waals surface area (Å²) in [4.78, 5) is 0. The van der Waals surface area contributed by atoms with Gasteiger partial charge in [0.05, 0.1) is 6.61 Å². The molecule has 2 nitrogen and oxygen atoms in total. The Kier molecular flexibility index (Phi) is 2.85. The number of hydrogen-bond donors (Lipinski definition) is 2. The van der Waals surface area contributed by atoms with Crippen molar-refractivity contribution in [3.8, 4) is 0 Å². The number of benzene rings is 1. The van der Waals surface area contributed by atoms with E-state index < -0.39 is 0 Å². The molecule has 0 radical (unpaired) electrons. The molecule has 0 amide bonds. The highest BCUT2D eigenvalue weighted by atomic mass is 16.3. The number of aryl methyl sites for hydroxylation is 1. The molecule has 0 bridgehead atoms.